The van der Waals surface area contributed by atoms with Crippen molar-refractivity contribution in [3.05, 3.63) is 87.6 Å². The number of thiophene rings is 1. The molecule has 0 bridgehead atoms. The van der Waals surface area contributed by atoms with Crippen LogP contribution in [0.1, 0.15) is 52.2 Å². The number of benzene rings is 2. The first-order valence-corrected chi connectivity index (χ1v) is 11.5. The summed E-state index contributed by atoms with van der Waals surface area (Å²) in [5, 5.41) is 2.01. The van der Waals surface area contributed by atoms with E-state index in [0.29, 0.717) is 18.0 Å². The van der Waals surface area contributed by atoms with Crippen molar-refractivity contribution in [1.29, 1.82) is 0 Å². The van der Waals surface area contributed by atoms with E-state index in [0.717, 1.165) is 21.7 Å². The van der Waals surface area contributed by atoms with E-state index in [9.17, 15) is 9.59 Å². The number of likely N-dealkylation sites (N-methyl/N-ethyl adjacent to an activating group) is 1. The molecule has 31 heavy (non-hydrogen) atoms. The Labute approximate surface area is 188 Å². The van der Waals surface area contributed by atoms with Gasteiger partial charge in [-0.15, -0.1) is 11.3 Å². The van der Waals surface area contributed by atoms with E-state index in [1.807, 2.05) is 84.9 Å². The highest BCUT2D eigenvalue weighted by Crippen LogP contribution is 2.45. The summed E-state index contributed by atoms with van der Waals surface area (Å²) in [6.07, 6.45) is 0. The minimum absolute atomic E-state index is 0.00212. The van der Waals surface area contributed by atoms with Crippen molar-refractivity contribution < 1.29 is 9.59 Å². The van der Waals surface area contributed by atoms with E-state index in [4.69, 9.17) is 0 Å². The number of hydrogen-bond donors (Lipinski definition) is 0. The summed E-state index contributed by atoms with van der Waals surface area (Å²) in [5.41, 5.74) is 3.41. The molecule has 4 rings (SSSR count). The molecule has 0 fully saturated rings. The summed E-state index contributed by atoms with van der Waals surface area (Å²) in [5.74, 6) is -0.165. The van der Waals surface area contributed by atoms with E-state index >= 15 is 0 Å². The van der Waals surface area contributed by atoms with Gasteiger partial charge < -0.3 is 9.80 Å². The van der Waals surface area contributed by atoms with Gasteiger partial charge in [0.05, 0.1) is 12.0 Å². The Kier molecular flexibility index (Phi) is 5.96. The SMILES string of the molecule is Cc1cccc(N(C)C(=O)[C@@H]2c3ccccc3C(=O)N(CC(C)C)[C@H]2c2cccs2)c1. The van der Waals surface area contributed by atoms with E-state index in [1.165, 1.54) is 0 Å². The zero-order chi connectivity index (χ0) is 22.1. The van der Waals surface area contributed by atoms with Crippen molar-refractivity contribution in [3.8, 4) is 0 Å². The maximum Gasteiger partial charge on any atom is 0.254 e. The number of amides is 2. The number of hydrogen-bond acceptors (Lipinski definition) is 3. The van der Waals surface area contributed by atoms with Crippen LogP contribution in [0.25, 0.3) is 0 Å². The van der Waals surface area contributed by atoms with Crippen LogP contribution in [-0.2, 0) is 4.79 Å². The first-order valence-electron chi connectivity index (χ1n) is 10.7. The Morgan fingerprint density at radius 1 is 1.10 bits per heavy atom. The monoisotopic (exact) mass is 432 g/mol. The molecule has 5 heteroatoms. The number of nitrogens with zero attached hydrogens (tertiary/aromatic N) is 2. The van der Waals surface area contributed by atoms with Gasteiger partial charge in [-0.25, -0.2) is 0 Å². The van der Waals surface area contributed by atoms with Gasteiger partial charge in [0.2, 0.25) is 5.91 Å². The van der Waals surface area contributed by atoms with Gasteiger partial charge in [0.1, 0.15) is 0 Å². The quantitative estimate of drug-likeness (QED) is 0.522. The lowest BCUT2D eigenvalue weighted by Gasteiger charge is -2.43. The summed E-state index contributed by atoms with van der Waals surface area (Å²) in [4.78, 5) is 32.2. The molecule has 1 aromatic heterocycles. The van der Waals surface area contributed by atoms with Gasteiger partial charge in [-0.3, -0.25) is 9.59 Å². The molecule has 1 aliphatic rings. The predicted octanol–water partition coefficient (Wildman–Crippen LogP) is 5.66. The van der Waals surface area contributed by atoms with Crippen molar-refractivity contribution >= 4 is 28.8 Å². The molecular weight excluding hydrogens is 404 g/mol. The molecular formula is C26H28N2O2S. The molecule has 0 saturated heterocycles. The Balaban J connectivity index is 1.86. The molecule has 0 saturated carbocycles. The Hall–Kier alpha value is -2.92. The molecule has 2 heterocycles. The molecule has 2 aromatic carbocycles. The van der Waals surface area contributed by atoms with Crippen LogP contribution in [0.4, 0.5) is 5.69 Å². The highest BCUT2D eigenvalue weighted by Gasteiger charge is 2.45. The van der Waals surface area contributed by atoms with Crippen LogP contribution in [0.3, 0.4) is 0 Å². The molecule has 2 amide bonds. The van der Waals surface area contributed by atoms with Gasteiger partial charge in [0, 0.05) is 29.7 Å². The number of rotatable bonds is 5. The van der Waals surface area contributed by atoms with E-state index < -0.39 is 5.92 Å². The van der Waals surface area contributed by atoms with E-state index in [1.54, 1.807) is 16.2 Å². The third kappa shape index (κ3) is 4.02. The molecule has 2 atom stereocenters. The lowest BCUT2D eigenvalue weighted by molar-refractivity contribution is -0.121. The van der Waals surface area contributed by atoms with Gasteiger partial charge in [0.25, 0.3) is 5.91 Å². The van der Waals surface area contributed by atoms with Crippen LogP contribution in [-0.4, -0.2) is 30.3 Å². The molecule has 0 unspecified atom stereocenters. The number of fused-ring (bicyclic) bond motifs is 1. The maximum atomic E-state index is 14.0. The second-order valence-electron chi connectivity index (χ2n) is 8.61. The predicted molar refractivity (Wildman–Crippen MR) is 127 cm³/mol. The fourth-order valence-corrected chi connectivity index (χ4v) is 5.28. The van der Waals surface area contributed by atoms with Gasteiger partial charge in [-0.2, -0.15) is 0 Å². The van der Waals surface area contributed by atoms with Crippen molar-refractivity contribution in [2.75, 3.05) is 18.5 Å². The second-order valence-corrected chi connectivity index (χ2v) is 9.59. The van der Waals surface area contributed by atoms with Gasteiger partial charge in [-0.1, -0.05) is 50.2 Å². The summed E-state index contributed by atoms with van der Waals surface area (Å²) < 4.78 is 0. The van der Waals surface area contributed by atoms with Gasteiger partial charge >= 0.3 is 0 Å². The third-order valence-electron chi connectivity index (χ3n) is 5.82. The number of carbonyl (C=O) groups is 2. The minimum Gasteiger partial charge on any atom is -0.329 e. The summed E-state index contributed by atoms with van der Waals surface area (Å²) in [6, 6.07) is 19.3. The maximum absolute atomic E-state index is 14.0. The molecule has 0 spiro atoms. The summed E-state index contributed by atoms with van der Waals surface area (Å²) >= 11 is 1.60. The largest absolute Gasteiger partial charge is 0.329 e. The first kappa shape index (κ1) is 21.3. The van der Waals surface area contributed by atoms with Crippen LogP contribution >= 0.6 is 11.3 Å². The van der Waals surface area contributed by atoms with Gasteiger partial charge in [-0.05, 0) is 53.6 Å². The zero-order valence-corrected chi connectivity index (χ0v) is 19.2. The van der Waals surface area contributed by atoms with Crippen LogP contribution in [0.15, 0.2) is 66.0 Å². The van der Waals surface area contributed by atoms with Crippen molar-refractivity contribution in [2.24, 2.45) is 5.92 Å². The smallest absolute Gasteiger partial charge is 0.254 e. The van der Waals surface area contributed by atoms with E-state index in [-0.39, 0.29) is 17.9 Å². The summed E-state index contributed by atoms with van der Waals surface area (Å²) in [7, 11) is 1.83. The molecule has 0 radical (unpaired) electrons. The van der Waals surface area contributed by atoms with Crippen LogP contribution in [0.5, 0.6) is 0 Å². The van der Waals surface area contributed by atoms with Crippen molar-refractivity contribution in [3.63, 3.8) is 0 Å². The number of aryl methyl sites for hydroxylation is 1. The topological polar surface area (TPSA) is 40.6 Å². The third-order valence-corrected chi connectivity index (χ3v) is 6.76. The lowest BCUT2D eigenvalue weighted by atomic mass is 9.80. The van der Waals surface area contributed by atoms with Crippen molar-refractivity contribution in [2.45, 2.75) is 32.7 Å². The highest BCUT2D eigenvalue weighted by atomic mass is 32.1. The number of anilines is 1. The van der Waals surface area contributed by atoms with Crippen LogP contribution < -0.4 is 4.90 Å². The van der Waals surface area contributed by atoms with Crippen LogP contribution in [0.2, 0.25) is 0 Å². The standard InChI is InChI=1S/C26H28N2O2S/c1-17(2)16-28-24(22-13-8-14-31-22)23(20-11-5-6-12-21(20)25(28)29)26(30)27(4)19-10-7-9-18(3)15-19/h5-15,17,23-24H,16H2,1-4H3/t23-,24+/m1/s1. The van der Waals surface area contributed by atoms with Gasteiger partial charge in [0.15, 0.2) is 0 Å². The van der Waals surface area contributed by atoms with E-state index in [2.05, 4.69) is 13.8 Å². The minimum atomic E-state index is -0.461. The normalized spacial score (nSPS) is 18.2. The Bertz CT molecular complexity index is 1090. The number of carbonyl (C=O) groups excluding carboxylic acids is 2. The molecule has 0 aliphatic carbocycles. The zero-order valence-electron chi connectivity index (χ0n) is 18.4. The fourth-order valence-electron chi connectivity index (χ4n) is 4.40. The molecule has 0 N–H and O–H groups in total. The first-order chi connectivity index (χ1) is 14.9. The molecule has 4 nitrogen and oxygen atoms in total. The second kappa shape index (κ2) is 8.67. The lowest BCUT2D eigenvalue weighted by Crippen LogP contribution is -2.48. The highest BCUT2D eigenvalue weighted by molar-refractivity contribution is 7.10. The Morgan fingerprint density at radius 3 is 2.55 bits per heavy atom. The molecule has 3 aromatic rings. The average Bonchev–Trinajstić information content (AvgIpc) is 3.28. The van der Waals surface area contributed by atoms with Crippen molar-refractivity contribution in [1.82, 2.24) is 4.90 Å². The fraction of sp³-hybridized carbons (Fsp3) is 0.308. The molecule has 1 aliphatic heterocycles. The average molecular weight is 433 g/mol. The molecule has 160 valence electrons. The van der Waals surface area contributed by atoms with Crippen LogP contribution in [0, 0.1) is 12.8 Å². The summed E-state index contributed by atoms with van der Waals surface area (Å²) in [6.45, 7) is 6.84. The Morgan fingerprint density at radius 2 is 1.87 bits per heavy atom.